The third-order valence-corrected chi connectivity index (χ3v) is 4.32. The maximum Gasteiger partial charge on any atom is 0.228 e. The van der Waals surface area contributed by atoms with Crippen molar-refractivity contribution in [3.05, 3.63) is 57.7 Å². The van der Waals surface area contributed by atoms with Gasteiger partial charge in [0.25, 0.3) is 0 Å². The van der Waals surface area contributed by atoms with Crippen LogP contribution >= 0.6 is 23.2 Å². The number of halogens is 2. The fraction of sp³-hybridized carbons (Fsp3) is 0.167. The monoisotopic (exact) mass is 362 g/mol. The van der Waals surface area contributed by atoms with E-state index >= 15 is 0 Å². The van der Waals surface area contributed by atoms with Gasteiger partial charge < -0.3 is 15.0 Å². The van der Waals surface area contributed by atoms with Crippen LogP contribution in [0.4, 0.5) is 5.69 Å². The number of hydrogen-bond acceptors (Lipinski definition) is 2. The Bertz CT molecular complexity index is 919. The van der Waals surface area contributed by atoms with E-state index in [4.69, 9.17) is 27.9 Å². The van der Waals surface area contributed by atoms with Crippen LogP contribution in [0.25, 0.3) is 10.9 Å². The summed E-state index contributed by atoms with van der Waals surface area (Å²) < 4.78 is 5.25. The number of hydrogen-bond donors (Lipinski definition) is 2. The van der Waals surface area contributed by atoms with Crippen molar-refractivity contribution >= 4 is 45.7 Å². The van der Waals surface area contributed by atoms with E-state index in [1.54, 1.807) is 25.3 Å². The van der Waals surface area contributed by atoms with Gasteiger partial charge in [0.15, 0.2) is 0 Å². The number of carbonyl (C=O) groups excluding carboxylic acids is 1. The Kier molecular flexibility index (Phi) is 4.69. The molecule has 0 spiro atoms. The van der Waals surface area contributed by atoms with Crippen molar-refractivity contribution in [1.82, 2.24) is 4.98 Å². The molecule has 1 amide bonds. The molecule has 3 aromatic rings. The summed E-state index contributed by atoms with van der Waals surface area (Å²) in [5.74, 6) is 0.408. The first kappa shape index (κ1) is 16.7. The number of ether oxygens (including phenoxy) is 1. The first-order valence-corrected chi connectivity index (χ1v) is 8.13. The molecule has 0 aliphatic rings. The van der Waals surface area contributed by atoms with Crippen molar-refractivity contribution in [2.75, 3.05) is 12.4 Å². The molecule has 0 bridgehead atoms. The number of methoxy groups -OCH3 is 1. The van der Waals surface area contributed by atoms with E-state index in [1.165, 1.54) is 0 Å². The zero-order valence-corrected chi connectivity index (χ0v) is 14.8. The molecule has 0 fully saturated rings. The topological polar surface area (TPSA) is 54.1 Å². The van der Waals surface area contributed by atoms with E-state index in [9.17, 15) is 4.79 Å². The van der Waals surface area contributed by atoms with Crippen LogP contribution in [-0.2, 0) is 11.2 Å². The number of fused-ring (bicyclic) bond motifs is 1. The number of anilines is 1. The van der Waals surface area contributed by atoms with E-state index in [2.05, 4.69) is 10.3 Å². The molecule has 24 heavy (non-hydrogen) atoms. The summed E-state index contributed by atoms with van der Waals surface area (Å²) in [6.07, 6.45) is 0.224. The van der Waals surface area contributed by atoms with Crippen molar-refractivity contribution in [3.8, 4) is 5.75 Å². The number of aryl methyl sites for hydroxylation is 1. The van der Waals surface area contributed by atoms with Crippen LogP contribution in [0.15, 0.2) is 36.4 Å². The molecule has 3 rings (SSSR count). The number of benzene rings is 2. The molecular weight excluding hydrogens is 347 g/mol. The number of rotatable bonds is 4. The third-order valence-electron chi connectivity index (χ3n) is 3.85. The van der Waals surface area contributed by atoms with Gasteiger partial charge in [-0.2, -0.15) is 0 Å². The minimum atomic E-state index is -0.153. The highest BCUT2D eigenvalue weighted by molar-refractivity contribution is 6.31. The minimum Gasteiger partial charge on any atom is -0.495 e. The molecule has 124 valence electrons. The quantitative estimate of drug-likeness (QED) is 0.687. The highest BCUT2D eigenvalue weighted by Crippen LogP contribution is 2.29. The molecule has 0 atom stereocenters. The van der Waals surface area contributed by atoms with Crippen LogP contribution in [0, 0.1) is 6.92 Å². The smallest absolute Gasteiger partial charge is 0.228 e. The lowest BCUT2D eigenvalue weighted by Crippen LogP contribution is -2.15. The molecule has 1 heterocycles. The molecule has 2 aromatic carbocycles. The fourth-order valence-electron chi connectivity index (χ4n) is 2.72. The van der Waals surface area contributed by atoms with Crippen molar-refractivity contribution in [2.24, 2.45) is 0 Å². The SMILES string of the molecule is COc1ccc(Cl)cc1NC(=O)Cc1c(C)[nH]c2ccc(Cl)cc12. The number of H-pyrrole nitrogens is 1. The van der Waals surface area contributed by atoms with Crippen molar-refractivity contribution in [1.29, 1.82) is 0 Å². The van der Waals surface area contributed by atoms with E-state index in [-0.39, 0.29) is 12.3 Å². The maximum atomic E-state index is 12.5. The van der Waals surface area contributed by atoms with Gasteiger partial charge in [-0.25, -0.2) is 0 Å². The first-order chi connectivity index (χ1) is 11.5. The Labute approximate surface area is 149 Å². The second-order valence-corrected chi connectivity index (χ2v) is 6.36. The summed E-state index contributed by atoms with van der Waals surface area (Å²) in [5, 5.41) is 4.97. The van der Waals surface area contributed by atoms with Gasteiger partial charge in [0.05, 0.1) is 19.2 Å². The van der Waals surface area contributed by atoms with E-state index < -0.39 is 0 Å². The average Bonchev–Trinajstić information content (AvgIpc) is 2.83. The summed E-state index contributed by atoms with van der Waals surface area (Å²) in [4.78, 5) is 15.8. The van der Waals surface area contributed by atoms with E-state index in [1.807, 2.05) is 25.1 Å². The largest absolute Gasteiger partial charge is 0.495 e. The number of carbonyl (C=O) groups is 1. The Morgan fingerprint density at radius 3 is 2.62 bits per heavy atom. The van der Waals surface area contributed by atoms with E-state index in [0.29, 0.717) is 21.5 Å². The summed E-state index contributed by atoms with van der Waals surface area (Å²) in [7, 11) is 1.55. The number of aromatic amines is 1. The molecule has 0 saturated carbocycles. The predicted molar refractivity (Wildman–Crippen MR) is 98.4 cm³/mol. The molecule has 0 aliphatic carbocycles. The first-order valence-electron chi connectivity index (χ1n) is 7.38. The molecule has 0 saturated heterocycles. The van der Waals surface area contributed by atoms with Crippen molar-refractivity contribution < 1.29 is 9.53 Å². The predicted octanol–water partition coefficient (Wildman–Crippen LogP) is 4.97. The Hall–Kier alpha value is -2.17. The molecule has 2 N–H and O–H groups in total. The average molecular weight is 363 g/mol. The fourth-order valence-corrected chi connectivity index (χ4v) is 3.06. The molecule has 1 aromatic heterocycles. The van der Waals surface area contributed by atoms with Gasteiger partial charge in [-0.3, -0.25) is 4.79 Å². The van der Waals surface area contributed by atoms with E-state index in [0.717, 1.165) is 22.2 Å². The van der Waals surface area contributed by atoms with Crippen LogP contribution < -0.4 is 10.1 Å². The number of nitrogens with one attached hydrogen (secondary N) is 2. The molecule has 6 heteroatoms. The Morgan fingerprint density at radius 1 is 1.17 bits per heavy atom. The van der Waals surface area contributed by atoms with Crippen LogP contribution in [0.2, 0.25) is 10.0 Å². The summed E-state index contributed by atoms with van der Waals surface area (Å²) in [6.45, 7) is 1.94. The van der Waals surface area contributed by atoms with Gasteiger partial charge in [-0.05, 0) is 48.9 Å². The van der Waals surface area contributed by atoms with Gasteiger partial charge in [-0.1, -0.05) is 23.2 Å². The zero-order valence-electron chi connectivity index (χ0n) is 13.2. The van der Waals surface area contributed by atoms with Crippen molar-refractivity contribution in [2.45, 2.75) is 13.3 Å². The van der Waals surface area contributed by atoms with Gasteiger partial charge in [-0.15, -0.1) is 0 Å². The van der Waals surface area contributed by atoms with Gasteiger partial charge in [0.2, 0.25) is 5.91 Å². The number of amides is 1. The standard InChI is InChI=1S/C18H16Cl2N2O2/c1-10-13(14-7-11(19)3-5-15(14)21-10)9-18(23)22-16-8-12(20)4-6-17(16)24-2/h3-8,21H,9H2,1-2H3,(H,22,23). The lowest BCUT2D eigenvalue weighted by Gasteiger charge is -2.10. The molecule has 0 radical (unpaired) electrons. The van der Waals surface area contributed by atoms with Gasteiger partial charge >= 0.3 is 0 Å². The lowest BCUT2D eigenvalue weighted by atomic mass is 10.1. The summed E-state index contributed by atoms with van der Waals surface area (Å²) in [6, 6.07) is 10.7. The van der Waals surface area contributed by atoms with Crippen LogP contribution in [-0.4, -0.2) is 18.0 Å². The highest BCUT2D eigenvalue weighted by Gasteiger charge is 2.14. The van der Waals surface area contributed by atoms with Crippen LogP contribution in [0.3, 0.4) is 0 Å². The van der Waals surface area contributed by atoms with Crippen molar-refractivity contribution in [3.63, 3.8) is 0 Å². The van der Waals surface area contributed by atoms with Crippen LogP contribution in [0.5, 0.6) is 5.75 Å². The normalized spacial score (nSPS) is 10.8. The zero-order chi connectivity index (χ0) is 17.3. The summed E-state index contributed by atoms with van der Waals surface area (Å²) in [5.41, 5.74) is 3.37. The molecule has 0 aliphatic heterocycles. The second kappa shape index (κ2) is 6.75. The molecule has 0 unspecified atom stereocenters. The Balaban J connectivity index is 1.87. The highest BCUT2D eigenvalue weighted by atomic mass is 35.5. The minimum absolute atomic E-state index is 0.153. The van der Waals surface area contributed by atoms with Gasteiger partial charge in [0.1, 0.15) is 5.75 Å². The lowest BCUT2D eigenvalue weighted by molar-refractivity contribution is -0.115. The molecule has 4 nitrogen and oxygen atoms in total. The third kappa shape index (κ3) is 3.35. The number of aromatic nitrogens is 1. The Morgan fingerprint density at radius 2 is 1.88 bits per heavy atom. The summed E-state index contributed by atoms with van der Waals surface area (Å²) >= 11 is 12.1. The van der Waals surface area contributed by atoms with Crippen LogP contribution in [0.1, 0.15) is 11.3 Å². The second-order valence-electron chi connectivity index (χ2n) is 5.49. The van der Waals surface area contributed by atoms with Gasteiger partial charge in [0, 0.05) is 26.6 Å². The molecular formula is C18H16Cl2N2O2. The maximum absolute atomic E-state index is 12.5.